The molecule has 0 radical (unpaired) electrons. The van der Waals surface area contributed by atoms with Crippen LogP contribution in [0.3, 0.4) is 0 Å². The Hall–Kier alpha value is -0.540. The van der Waals surface area contributed by atoms with Crippen LogP contribution in [-0.4, -0.2) is 26.1 Å². The molecule has 0 spiro atoms. The standard InChI is InChI=1S/C6H14O2.C4H8O/c1-4-7-6(3)8-5-2;1-3-5-4-2/h6H,4-5H2,1-3H3;3H,1,4H2,2H3. The number of rotatable bonds is 6. The van der Waals surface area contributed by atoms with Gasteiger partial charge in [0.1, 0.15) is 0 Å². The monoisotopic (exact) mass is 190 g/mol. The third-order valence-corrected chi connectivity index (χ3v) is 1.09. The number of ether oxygens (including phenoxy) is 3. The highest BCUT2D eigenvalue weighted by Gasteiger charge is 1.94. The van der Waals surface area contributed by atoms with Crippen molar-refractivity contribution in [3.8, 4) is 0 Å². The summed E-state index contributed by atoms with van der Waals surface area (Å²) >= 11 is 0. The quantitative estimate of drug-likeness (QED) is 0.476. The molecule has 0 aliphatic rings. The van der Waals surface area contributed by atoms with Crippen molar-refractivity contribution in [1.29, 1.82) is 0 Å². The van der Waals surface area contributed by atoms with Gasteiger partial charge in [0.15, 0.2) is 6.29 Å². The van der Waals surface area contributed by atoms with Crippen molar-refractivity contribution in [2.24, 2.45) is 0 Å². The minimum atomic E-state index is -0.0370. The van der Waals surface area contributed by atoms with E-state index in [4.69, 9.17) is 9.47 Å². The molecular formula is C10H22O3. The second-order valence-electron chi connectivity index (χ2n) is 2.10. The van der Waals surface area contributed by atoms with E-state index in [-0.39, 0.29) is 6.29 Å². The summed E-state index contributed by atoms with van der Waals surface area (Å²) in [6.07, 6.45) is 1.39. The molecule has 0 bridgehead atoms. The van der Waals surface area contributed by atoms with Gasteiger partial charge in [-0.1, -0.05) is 6.58 Å². The van der Waals surface area contributed by atoms with Gasteiger partial charge in [-0.25, -0.2) is 0 Å². The molecule has 0 fully saturated rings. The maximum atomic E-state index is 5.06. The van der Waals surface area contributed by atoms with Crippen LogP contribution in [0.4, 0.5) is 0 Å². The highest BCUT2D eigenvalue weighted by Crippen LogP contribution is 1.90. The van der Waals surface area contributed by atoms with Gasteiger partial charge in [0.2, 0.25) is 0 Å². The van der Waals surface area contributed by atoms with E-state index in [9.17, 15) is 0 Å². The van der Waals surface area contributed by atoms with Gasteiger partial charge in [0.05, 0.1) is 12.9 Å². The Morgan fingerprint density at radius 3 is 1.69 bits per heavy atom. The predicted molar refractivity (Wildman–Crippen MR) is 54.5 cm³/mol. The van der Waals surface area contributed by atoms with E-state index in [2.05, 4.69) is 11.3 Å². The molecule has 0 rings (SSSR count). The summed E-state index contributed by atoms with van der Waals surface area (Å²) in [5.74, 6) is 0. The van der Waals surface area contributed by atoms with Crippen molar-refractivity contribution in [2.75, 3.05) is 19.8 Å². The fourth-order valence-electron chi connectivity index (χ4n) is 0.635. The van der Waals surface area contributed by atoms with Crippen molar-refractivity contribution in [2.45, 2.75) is 34.0 Å². The van der Waals surface area contributed by atoms with Crippen LogP contribution in [0.5, 0.6) is 0 Å². The fourth-order valence-corrected chi connectivity index (χ4v) is 0.635. The molecule has 0 aliphatic carbocycles. The molecule has 0 saturated heterocycles. The summed E-state index contributed by atoms with van der Waals surface area (Å²) in [5, 5.41) is 0. The predicted octanol–water partition coefficient (Wildman–Crippen LogP) is 2.57. The molecular weight excluding hydrogens is 168 g/mol. The molecule has 0 aliphatic heterocycles. The average molecular weight is 190 g/mol. The molecule has 13 heavy (non-hydrogen) atoms. The smallest absolute Gasteiger partial charge is 0.154 e. The lowest BCUT2D eigenvalue weighted by molar-refractivity contribution is -0.123. The van der Waals surface area contributed by atoms with Crippen LogP contribution in [-0.2, 0) is 14.2 Å². The zero-order valence-corrected chi connectivity index (χ0v) is 9.21. The van der Waals surface area contributed by atoms with Gasteiger partial charge in [-0.15, -0.1) is 0 Å². The molecule has 0 atom stereocenters. The molecule has 0 heterocycles. The van der Waals surface area contributed by atoms with E-state index < -0.39 is 0 Å². The van der Waals surface area contributed by atoms with Crippen molar-refractivity contribution in [3.63, 3.8) is 0 Å². The van der Waals surface area contributed by atoms with Crippen LogP contribution < -0.4 is 0 Å². The van der Waals surface area contributed by atoms with Gasteiger partial charge in [-0.2, -0.15) is 0 Å². The maximum absolute atomic E-state index is 5.06. The van der Waals surface area contributed by atoms with Crippen molar-refractivity contribution < 1.29 is 14.2 Å². The molecule has 0 aromatic rings. The number of hydrogen-bond donors (Lipinski definition) is 0. The Morgan fingerprint density at radius 1 is 1.08 bits per heavy atom. The second kappa shape index (κ2) is 14.0. The van der Waals surface area contributed by atoms with Gasteiger partial charge in [0, 0.05) is 13.2 Å². The lowest BCUT2D eigenvalue weighted by atomic mass is 10.7. The first-order valence-electron chi connectivity index (χ1n) is 4.68. The third-order valence-electron chi connectivity index (χ3n) is 1.09. The lowest BCUT2D eigenvalue weighted by Crippen LogP contribution is -2.11. The van der Waals surface area contributed by atoms with Crippen LogP contribution in [0, 0.1) is 0 Å². The van der Waals surface area contributed by atoms with E-state index in [1.165, 1.54) is 6.26 Å². The summed E-state index contributed by atoms with van der Waals surface area (Å²) in [6.45, 7) is 13.2. The third kappa shape index (κ3) is 18.4. The molecule has 80 valence electrons. The first-order valence-corrected chi connectivity index (χ1v) is 4.68. The van der Waals surface area contributed by atoms with E-state index in [1.807, 2.05) is 27.7 Å². The molecule has 3 nitrogen and oxygen atoms in total. The van der Waals surface area contributed by atoms with Gasteiger partial charge in [-0.3, -0.25) is 0 Å². The Balaban J connectivity index is 0. The first-order chi connectivity index (χ1) is 6.22. The van der Waals surface area contributed by atoms with E-state index in [0.29, 0.717) is 0 Å². The van der Waals surface area contributed by atoms with E-state index in [0.717, 1.165) is 19.8 Å². The SMILES string of the molecule is C=COCC.CCOC(C)OCC. The maximum Gasteiger partial charge on any atom is 0.154 e. The Labute approximate surface area is 81.7 Å². The van der Waals surface area contributed by atoms with Crippen molar-refractivity contribution >= 4 is 0 Å². The molecule has 0 aromatic heterocycles. The van der Waals surface area contributed by atoms with Crippen LogP contribution in [0.1, 0.15) is 27.7 Å². The zero-order chi connectivity index (χ0) is 10.5. The Morgan fingerprint density at radius 2 is 1.54 bits per heavy atom. The Kier molecular flexibility index (Phi) is 16.1. The summed E-state index contributed by atoms with van der Waals surface area (Å²) < 4.78 is 14.7. The van der Waals surface area contributed by atoms with E-state index in [1.54, 1.807) is 0 Å². The highest BCUT2D eigenvalue weighted by molar-refractivity contribution is 4.45. The number of hydrogen-bond acceptors (Lipinski definition) is 3. The molecule has 0 aromatic carbocycles. The fraction of sp³-hybridized carbons (Fsp3) is 0.800. The summed E-state index contributed by atoms with van der Waals surface area (Å²) in [6, 6.07) is 0. The molecule has 3 heteroatoms. The molecule has 0 amide bonds. The summed E-state index contributed by atoms with van der Waals surface area (Å²) in [4.78, 5) is 0. The minimum Gasteiger partial charge on any atom is -0.502 e. The summed E-state index contributed by atoms with van der Waals surface area (Å²) in [5.41, 5.74) is 0. The van der Waals surface area contributed by atoms with Crippen LogP contribution >= 0.6 is 0 Å². The van der Waals surface area contributed by atoms with E-state index >= 15 is 0 Å². The minimum absolute atomic E-state index is 0.0370. The molecule has 0 saturated carbocycles. The van der Waals surface area contributed by atoms with Gasteiger partial charge in [0.25, 0.3) is 0 Å². The van der Waals surface area contributed by atoms with Gasteiger partial charge < -0.3 is 14.2 Å². The zero-order valence-electron chi connectivity index (χ0n) is 9.21. The van der Waals surface area contributed by atoms with Crippen LogP contribution in [0.15, 0.2) is 12.8 Å². The lowest BCUT2D eigenvalue weighted by Gasteiger charge is -2.09. The highest BCUT2D eigenvalue weighted by atomic mass is 16.7. The average Bonchev–Trinajstić information content (AvgIpc) is 2.08. The van der Waals surface area contributed by atoms with Gasteiger partial charge >= 0.3 is 0 Å². The first kappa shape index (κ1) is 15.0. The van der Waals surface area contributed by atoms with Crippen molar-refractivity contribution in [1.82, 2.24) is 0 Å². The topological polar surface area (TPSA) is 27.7 Å². The van der Waals surface area contributed by atoms with Crippen LogP contribution in [0.2, 0.25) is 0 Å². The van der Waals surface area contributed by atoms with Crippen LogP contribution in [0.25, 0.3) is 0 Å². The van der Waals surface area contributed by atoms with Crippen molar-refractivity contribution in [3.05, 3.63) is 12.8 Å². The molecule has 0 N–H and O–H groups in total. The normalized spacial score (nSPS) is 9.00. The van der Waals surface area contributed by atoms with Gasteiger partial charge in [-0.05, 0) is 27.7 Å². The second-order valence-corrected chi connectivity index (χ2v) is 2.10. The molecule has 0 unspecified atom stereocenters. The summed E-state index contributed by atoms with van der Waals surface area (Å²) in [7, 11) is 0. The largest absolute Gasteiger partial charge is 0.502 e. The Bertz CT molecular complexity index is 88.2.